The zero-order valence-corrected chi connectivity index (χ0v) is 12.3. The van der Waals surface area contributed by atoms with Gasteiger partial charge in [0.05, 0.1) is 24.0 Å². The summed E-state index contributed by atoms with van der Waals surface area (Å²) in [5, 5.41) is 3.69. The van der Waals surface area contributed by atoms with Crippen LogP contribution < -0.4 is 10.1 Å². The molecule has 6 heteroatoms. The van der Waals surface area contributed by atoms with E-state index in [1.165, 1.54) is 5.56 Å². The Morgan fingerprint density at radius 2 is 2.11 bits per heavy atom. The van der Waals surface area contributed by atoms with Gasteiger partial charge in [0.2, 0.25) is 5.95 Å². The summed E-state index contributed by atoms with van der Waals surface area (Å²) >= 11 is 9.27. The molecule has 0 aliphatic carbocycles. The number of fused-ring (bicyclic) bond motifs is 1. The molecular formula is C13H11BrClN3O. The first-order valence-corrected chi connectivity index (χ1v) is 7.05. The molecule has 2 heterocycles. The van der Waals surface area contributed by atoms with Crippen molar-refractivity contribution in [1.29, 1.82) is 0 Å². The fraction of sp³-hybridized carbons (Fsp3) is 0.231. The molecule has 0 atom stereocenters. The van der Waals surface area contributed by atoms with Gasteiger partial charge in [-0.3, -0.25) is 0 Å². The van der Waals surface area contributed by atoms with Gasteiger partial charge in [-0.25, -0.2) is 9.97 Å². The van der Waals surface area contributed by atoms with Crippen LogP contribution in [0.2, 0.25) is 5.02 Å². The number of rotatable bonds is 3. The van der Waals surface area contributed by atoms with Crippen LogP contribution in [0.3, 0.4) is 0 Å². The molecule has 0 radical (unpaired) electrons. The second-order valence-electron chi connectivity index (χ2n) is 4.23. The standard InChI is InChI=1S/C13H11BrClN3O/c14-10-3-8-1-2-19-12(8)9(4-10)5-16-13-17-6-11(15)7-18-13/h3-4,6-7H,1-2,5H2,(H,16,17,18). The molecule has 1 aliphatic heterocycles. The Morgan fingerprint density at radius 3 is 2.89 bits per heavy atom. The van der Waals surface area contributed by atoms with Crippen LogP contribution in [0.25, 0.3) is 0 Å². The number of hydrogen-bond donors (Lipinski definition) is 1. The lowest BCUT2D eigenvalue weighted by molar-refractivity contribution is 0.354. The number of nitrogens with zero attached hydrogens (tertiary/aromatic N) is 2. The Hall–Kier alpha value is -1.33. The number of nitrogens with one attached hydrogen (secondary N) is 1. The Bertz CT molecular complexity index is 604. The van der Waals surface area contributed by atoms with E-state index < -0.39 is 0 Å². The summed E-state index contributed by atoms with van der Waals surface area (Å²) in [6.45, 7) is 1.36. The number of aromatic nitrogens is 2. The van der Waals surface area contributed by atoms with Gasteiger partial charge >= 0.3 is 0 Å². The van der Waals surface area contributed by atoms with Crippen molar-refractivity contribution in [3.05, 3.63) is 45.1 Å². The maximum absolute atomic E-state index is 5.75. The molecule has 0 amide bonds. The normalized spacial score (nSPS) is 12.9. The van der Waals surface area contributed by atoms with E-state index in [9.17, 15) is 0 Å². The van der Waals surface area contributed by atoms with Gasteiger partial charge < -0.3 is 10.1 Å². The summed E-state index contributed by atoms with van der Waals surface area (Å²) in [4.78, 5) is 8.21. The molecule has 0 fully saturated rings. The SMILES string of the molecule is Clc1cnc(NCc2cc(Br)cc3c2OCC3)nc1. The molecule has 1 aliphatic rings. The minimum Gasteiger partial charge on any atom is -0.493 e. The fourth-order valence-corrected chi connectivity index (χ4v) is 2.71. The second kappa shape index (κ2) is 5.35. The lowest BCUT2D eigenvalue weighted by atomic mass is 10.1. The highest BCUT2D eigenvalue weighted by molar-refractivity contribution is 9.10. The largest absolute Gasteiger partial charge is 0.493 e. The van der Waals surface area contributed by atoms with Crippen molar-refractivity contribution in [1.82, 2.24) is 9.97 Å². The van der Waals surface area contributed by atoms with Crippen LogP contribution in [0, 0.1) is 0 Å². The van der Waals surface area contributed by atoms with E-state index in [-0.39, 0.29) is 0 Å². The topological polar surface area (TPSA) is 47.0 Å². The van der Waals surface area contributed by atoms with Crippen molar-refractivity contribution in [3.63, 3.8) is 0 Å². The summed E-state index contributed by atoms with van der Waals surface area (Å²) in [5.74, 6) is 1.53. The Kier molecular flexibility index (Phi) is 3.57. The molecule has 3 rings (SSSR count). The molecule has 1 aromatic carbocycles. The molecule has 1 aromatic heterocycles. The summed E-state index contributed by atoms with van der Waals surface area (Å²) in [6.07, 6.45) is 4.09. The number of anilines is 1. The predicted molar refractivity (Wildman–Crippen MR) is 77.7 cm³/mol. The van der Waals surface area contributed by atoms with E-state index in [1.54, 1.807) is 12.4 Å². The van der Waals surface area contributed by atoms with Gasteiger partial charge in [-0.05, 0) is 17.7 Å². The van der Waals surface area contributed by atoms with Gasteiger partial charge in [0.25, 0.3) is 0 Å². The van der Waals surface area contributed by atoms with Gasteiger partial charge in [0, 0.05) is 23.0 Å². The molecular weight excluding hydrogens is 330 g/mol. The van der Waals surface area contributed by atoms with E-state index in [0.717, 1.165) is 28.8 Å². The number of hydrogen-bond acceptors (Lipinski definition) is 4. The summed E-state index contributed by atoms with van der Waals surface area (Å²) in [6, 6.07) is 4.15. The van der Waals surface area contributed by atoms with Crippen LogP contribution in [0.4, 0.5) is 5.95 Å². The number of ether oxygens (including phenoxy) is 1. The first kappa shape index (κ1) is 12.7. The van der Waals surface area contributed by atoms with Crippen LogP contribution in [-0.2, 0) is 13.0 Å². The third-order valence-electron chi connectivity index (χ3n) is 2.88. The smallest absolute Gasteiger partial charge is 0.222 e. The van der Waals surface area contributed by atoms with Gasteiger partial charge in [-0.1, -0.05) is 27.5 Å². The van der Waals surface area contributed by atoms with Crippen LogP contribution >= 0.6 is 27.5 Å². The van der Waals surface area contributed by atoms with E-state index >= 15 is 0 Å². The average molecular weight is 341 g/mol. The lowest BCUT2D eigenvalue weighted by Crippen LogP contribution is -2.04. The van der Waals surface area contributed by atoms with Crippen LogP contribution in [0.5, 0.6) is 5.75 Å². The Labute approximate surface area is 124 Å². The maximum Gasteiger partial charge on any atom is 0.222 e. The highest BCUT2D eigenvalue weighted by atomic mass is 79.9. The molecule has 98 valence electrons. The van der Waals surface area contributed by atoms with Crippen molar-refractivity contribution in [2.75, 3.05) is 11.9 Å². The highest BCUT2D eigenvalue weighted by Gasteiger charge is 2.17. The van der Waals surface area contributed by atoms with Crippen molar-refractivity contribution >= 4 is 33.5 Å². The molecule has 4 nitrogen and oxygen atoms in total. The van der Waals surface area contributed by atoms with Crippen molar-refractivity contribution in [3.8, 4) is 5.75 Å². The zero-order chi connectivity index (χ0) is 13.2. The first-order valence-electron chi connectivity index (χ1n) is 5.88. The summed E-state index contributed by atoms with van der Waals surface area (Å²) < 4.78 is 6.73. The molecule has 0 saturated heterocycles. The van der Waals surface area contributed by atoms with Crippen LogP contribution in [-0.4, -0.2) is 16.6 Å². The third kappa shape index (κ3) is 2.82. The maximum atomic E-state index is 5.75. The van der Waals surface area contributed by atoms with E-state index in [2.05, 4.69) is 37.3 Å². The minimum atomic E-state index is 0.525. The van der Waals surface area contributed by atoms with E-state index in [0.29, 0.717) is 17.5 Å². The minimum absolute atomic E-state index is 0.525. The number of halogens is 2. The molecule has 19 heavy (non-hydrogen) atoms. The predicted octanol–water partition coefficient (Wildman–Crippen LogP) is 3.44. The monoisotopic (exact) mass is 339 g/mol. The molecule has 2 aromatic rings. The molecule has 0 bridgehead atoms. The van der Waals surface area contributed by atoms with Gasteiger partial charge in [-0.15, -0.1) is 0 Å². The van der Waals surface area contributed by atoms with E-state index in [4.69, 9.17) is 16.3 Å². The first-order chi connectivity index (χ1) is 9.22. The summed E-state index contributed by atoms with van der Waals surface area (Å²) in [7, 11) is 0. The van der Waals surface area contributed by atoms with Crippen LogP contribution in [0.15, 0.2) is 29.0 Å². The molecule has 0 spiro atoms. The Morgan fingerprint density at radius 1 is 1.32 bits per heavy atom. The van der Waals surface area contributed by atoms with Crippen LogP contribution in [0.1, 0.15) is 11.1 Å². The second-order valence-corrected chi connectivity index (χ2v) is 5.58. The molecule has 0 unspecified atom stereocenters. The third-order valence-corrected chi connectivity index (χ3v) is 3.54. The molecule has 1 N–H and O–H groups in total. The number of benzene rings is 1. The van der Waals surface area contributed by atoms with E-state index in [1.807, 2.05) is 6.07 Å². The van der Waals surface area contributed by atoms with Crippen molar-refractivity contribution in [2.24, 2.45) is 0 Å². The average Bonchev–Trinajstić information content (AvgIpc) is 2.85. The summed E-state index contributed by atoms with van der Waals surface area (Å²) in [5.41, 5.74) is 2.34. The lowest BCUT2D eigenvalue weighted by Gasteiger charge is -2.10. The van der Waals surface area contributed by atoms with Gasteiger partial charge in [0.1, 0.15) is 5.75 Å². The van der Waals surface area contributed by atoms with Crippen molar-refractivity contribution < 1.29 is 4.74 Å². The quantitative estimate of drug-likeness (QED) is 0.930. The van der Waals surface area contributed by atoms with Gasteiger partial charge in [-0.2, -0.15) is 0 Å². The Balaban J connectivity index is 1.78. The molecule has 0 saturated carbocycles. The van der Waals surface area contributed by atoms with Crippen molar-refractivity contribution in [2.45, 2.75) is 13.0 Å². The van der Waals surface area contributed by atoms with Gasteiger partial charge in [0.15, 0.2) is 0 Å². The fourth-order valence-electron chi connectivity index (χ4n) is 2.06. The zero-order valence-electron chi connectivity index (χ0n) is 9.99. The highest BCUT2D eigenvalue weighted by Crippen LogP contribution is 2.33.